The molecule has 0 aliphatic heterocycles. The Morgan fingerprint density at radius 1 is 0.778 bits per heavy atom. The molecule has 110 valence electrons. The predicted octanol–water partition coefficient (Wildman–Crippen LogP) is 3.50. The summed E-state index contributed by atoms with van der Waals surface area (Å²) >= 11 is 0. The third-order valence-electron chi connectivity index (χ3n) is 3.70. The smallest absolute Gasteiger partial charge is 0.224 e. The zero-order valence-electron chi connectivity index (χ0n) is 12.6. The normalized spacial score (nSPS) is 12.3. The predicted molar refractivity (Wildman–Crippen MR) is 77.3 cm³/mol. The van der Waals surface area contributed by atoms with Crippen molar-refractivity contribution >= 4 is 0 Å². The highest BCUT2D eigenvalue weighted by Gasteiger charge is 2.26. The topological polar surface area (TPSA) is 43.7 Å². The van der Waals surface area contributed by atoms with Gasteiger partial charge in [-0.2, -0.15) is 0 Å². The molecule has 0 saturated carbocycles. The fourth-order valence-corrected chi connectivity index (χ4v) is 2.12. The first-order valence-corrected chi connectivity index (χ1v) is 7.70. The number of aliphatic hydroxyl groups is 2. The monoisotopic (exact) mass is 259 g/mol. The molecule has 3 nitrogen and oxygen atoms in total. The summed E-state index contributed by atoms with van der Waals surface area (Å²) in [6.45, 7) is 4.82. The number of rotatable bonds is 12. The van der Waals surface area contributed by atoms with Crippen LogP contribution in [0, 0.1) is 0 Å². The second kappa shape index (κ2) is 10.8. The van der Waals surface area contributed by atoms with Gasteiger partial charge in [-0.3, -0.25) is 4.90 Å². The Kier molecular flexibility index (Phi) is 10.7. The largest absolute Gasteiger partial charge is 0.353 e. The summed E-state index contributed by atoms with van der Waals surface area (Å²) in [5.41, 5.74) is 0. The first-order valence-electron chi connectivity index (χ1n) is 7.70. The van der Waals surface area contributed by atoms with E-state index in [4.69, 9.17) is 0 Å². The molecule has 2 N–H and O–H groups in total. The van der Waals surface area contributed by atoms with Crippen LogP contribution in [-0.2, 0) is 0 Å². The highest BCUT2D eigenvalue weighted by Crippen LogP contribution is 2.17. The van der Waals surface area contributed by atoms with Crippen molar-refractivity contribution in [3.05, 3.63) is 0 Å². The zero-order chi connectivity index (χ0) is 13.9. The summed E-state index contributed by atoms with van der Waals surface area (Å²) in [7, 11) is 1.74. The maximum absolute atomic E-state index is 9.76. The van der Waals surface area contributed by atoms with Gasteiger partial charge in [0.1, 0.15) is 0 Å². The molecule has 0 heterocycles. The van der Waals surface area contributed by atoms with Gasteiger partial charge in [-0.05, 0) is 20.0 Å². The van der Waals surface area contributed by atoms with Crippen LogP contribution in [0.25, 0.3) is 0 Å². The summed E-state index contributed by atoms with van der Waals surface area (Å²) in [5.74, 6) is -1.62. The van der Waals surface area contributed by atoms with E-state index in [-0.39, 0.29) is 0 Å². The third-order valence-corrected chi connectivity index (χ3v) is 3.70. The molecule has 0 atom stereocenters. The number of hydrogen-bond acceptors (Lipinski definition) is 3. The Balaban J connectivity index is 3.34. The van der Waals surface area contributed by atoms with Crippen LogP contribution >= 0.6 is 0 Å². The molecular weight excluding hydrogens is 226 g/mol. The summed E-state index contributed by atoms with van der Waals surface area (Å²) in [5, 5.41) is 19.5. The van der Waals surface area contributed by atoms with Crippen LogP contribution in [0.5, 0.6) is 0 Å². The van der Waals surface area contributed by atoms with E-state index in [1.54, 1.807) is 11.9 Å². The Labute approximate surface area is 113 Å². The Bertz CT molecular complexity index is 183. The van der Waals surface area contributed by atoms with Crippen molar-refractivity contribution in [3.8, 4) is 0 Å². The van der Waals surface area contributed by atoms with E-state index in [9.17, 15) is 10.2 Å². The van der Waals surface area contributed by atoms with Crippen molar-refractivity contribution in [3.63, 3.8) is 0 Å². The van der Waals surface area contributed by atoms with Crippen LogP contribution in [-0.4, -0.2) is 34.6 Å². The number of unbranched alkanes of at least 4 members (excludes halogenated alkanes) is 8. The molecule has 0 aromatic rings. The van der Waals surface area contributed by atoms with Crippen LogP contribution in [0.4, 0.5) is 0 Å². The lowest BCUT2D eigenvalue weighted by Gasteiger charge is -2.31. The Hall–Kier alpha value is -0.120. The Morgan fingerprint density at radius 3 is 1.67 bits per heavy atom. The second-order valence-corrected chi connectivity index (χ2v) is 5.37. The van der Waals surface area contributed by atoms with Crippen molar-refractivity contribution in [1.29, 1.82) is 0 Å². The summed E-state index contributed by atoms with van der Waals surface area (Å²) < 4.78 is 0. The highest BCUT2D eigenvalue weighted by atomic mass is 16.5. The summed E-state index contributed by atoms with van der Waals surface area (Å²) in [4.78, 5) is 1.58. The minimum Gasteiger partial charge on any atom is -0.353 e. The molecule has 3 heteroatoms. The molecule has 0 aliphatic carbocycles. The van der Waals surface area contributed by atoms with Crippen LogP contribution < -0.4 is 0 Å². The molecule has 0 aromatic heterocycles. The molecule has 0 fully saturated rings. The minimum atomic E-state index is -1.62. The maximum atomic E-state index is 9.76. The van der Waals surface area contributed by atoms with Crippen molar-refractivity contribution < 1.29 is 10.2 Å². The Morgan fingerprint density at radius 2 is 1.22 bits per heavy atom. The molecule has 0 bridgehead atoms. The van der Waals surface area contributed by atoms with Crippen LogP contribution in [0.2, 0.25) is 0 Å². The van der Waals surface area contributed by atoms with Crippen molar-refractivity contribution in [2.45, 2.75) is 84.0 Å². The van der Waals surface area contributed by atoms with Gasteiger partial charge in [0, 0.05) is 6.42 Å². The molecule has 0 amide bonds. The van der Waals surface area contributed by atoms with E-state index in [1.165, 1.54) is 44.9 Å². The standard InChI is InChI=1S/C15H33NO2/c1-4-6-7-8-9-10-11-12-13-14-15(17,18)16(3)5-2/h17-18H,4-14H2,1-3H3. The molecule has 0 aliphatic rings. The zero-order valence-corrected chi connectivity index (χ0v) is 12.6. The van der Waals surface area contributed by atoms with Gasteiger partial charge in [0.15, 0.2) is 0 Å². The van der Waals surface area contributed by atoms with Gasteiger partial charge >= 0.3 is 0 Å². The quantitative estimate of drug-likeness (QED) is 0.416. The first-order chi connectivity index (χ1) is 8.54. The molecule has 0 unspecified atom stereocenters. The maximum Gasteiger partial charge on any atom is 0.224 e. The van der Waals surface area contributed by atoms with Crippen molar-refractivity contribution in [2.75, 3.05) is 13.6 Å². The van der Waals surface area contributed by atoms with E-state index in [0.717, 1.165) is 12.8 Å². The molecule has 0 radical (unpaired) electrons. The van der Waals surface area contributed by atoms with E-state index in [1.807, 2.05) is 6.92 Å². The molecule has 0 aromatic carbocycles. The lowest BCUT2D eigenvalue weighted by atomic mass is 10.1. The van der Waals surface area contributed by atoms with E-state index in [0.29, 0.717) is 13.0 Å². The van der Waals surface area contributed by atoms with Crippen molar-refractivity contribution in [1.82, 2.24) is 4.90 Å². The van der Waals surface area contributed by atoms with Crippen LogP contribution in [0.3, 0.4) is 0 Å². The van der Waals surface area contributed by atoms with Crippen molar-refractivity contribution in [2.24, 2.45) is 0 Å². The lowest BCUT2D eigenvalue weighted by molar-refractivity contribution is -0.259. The minimum absolute atomic E-state index is 0.452. The highest BCUT2D eigenvalue weighted by molar-refractivity contribution is 4.63. The van der Waals surface area contributed by atoms with Gasteiger partial charge in [-0.25, -0.2) is 0 Å². The van der Waals surface area contributed by atoms with Gasteiger partial charge in [0.25, 0.3) is 0 Å². The first kappa shape index (κ1) is 17.9. The summed E-state index contributed by atoms with van der Waals surface area (Å²) in [6.07, 6.45) is 11.7. The average molecular weight is 259 g/mol. The fourth-order valence-electron chi connectivity index (χ4n) is 2.12. The third kappa shape index (κ3) is 8.90. The van der Waals surface area contributed by atoms with E-state index in [2.05, 4.69) is 6.92 Å². The van der Waals surface area contributed by atoms with E-state index < -0.39 is 5.91 Å². The number of nitrogens with zero attached hydrogens (tertiary/aromatic N) is 1. The van der Waals surface area contributed by atoms with Gasteiger partial charge < -0.3 is 10.2 Å². The fraction of sp³-hybridized carbons (Fsp3) is 1.00. The molecule has 0 spiro atoms. The molecular formula is C15H33NO2. The average Bonchev–Trinajstić information content (AvgIpc) is 2.35. The van der Waals surface area contributed by atoms with Crippen LogP contribution in [0.1, 0.15) is 78.1 Å². The molecule has 0 saturated heterocycles. The van der Waals surface area contributed by atoms with Gasteiger partial charge in [0.05, 0.1) is 0 Å². The van der Waals surface area contributed by atoms with Gasteiger partial charge in [-0.15, -0.1) is 0 Å². The lowest BCUT2D eigenvalue weighted by Crippen LogP contribution is -2.46. The number of hydrogen-bond donors (Lipinski definition) is 2. The second-order valence-electron chi connectivity index (χ2n) is 5.37. The SMILES string of the molecule is CCCCCCCCCCCC(O)(O)N(C)CC. The van der Waals surface area contributed by atoms with Gasteiger partial charge in [0.2, 0.25) is 5.91 Å². The molecule has 0 rings (SSSR count). The summed E-state index contributed by atoms with van der Waals surface area (Å²) in [6, 6.07) is 0. The van der Waals surface area contributed by atoms with Gasteiger partial charge in [-0.1, -0.05) is 65.2 Å². The van der Waals surface area contributed by atoms with E-state index >= 15 is 0 Å². The van der Waals surface area contributed by atoms with Crippen LogP contribution in [0.15, 0.2) is 0 Å². The molecule has 18 heavy (non-hydrogen) atoms.